The van der Waals surface area contributed by atoms with E-state index in [2.05, 4.69) is 17.6 Å². The van der Waals surface area contributed by atoms with E-state index in [1.807, 2.05) is 13.0 Å². The number of benzene rings is 1. The number of aryl methyl sites for hydroxylation is 1. The molecule has 0 bridgehead atoms. The van der Waals surface area contributed by atoms with E-state index in [1.54, 1.807) is 32.5 Å². The molecule has 0 aliphatic heterocycles. The number of nitrogens with one attached hydrogen (secondary N) is 2. The Labute approximate surface area is 187 Å². The van der Waals surface area contributed by atoms with Crippen molar-refractivity contribution in [2.75, 3.05) is 19.4 Å². The summed E-state index contributed by atoms with van der Waals surface area (Å²) >= 11 is 0. The Morgan fingerprint density at radius 1 is 1.28 bits per heavy atom. The monoisotopic (exact) mass is 441 g/mol. The quantitative estimate of drug-likeness (QED) is 0.418. The molecule has 0 spiro atoms. The van der Waals surface area contributed by atoms with Crippen LogP contribution in [0.25, 0.3) is 0 Å². The molecule has 2 aromatic rings. The standard InChI is InChI=1S/C24H31N3O5/c1-5-7-9-14-12-18(32-13-14)16(6-2)25-19-20(23(30)22(19)29)26-17-11-8-10-15(21(17)28)24(31)27(3)4/h8,10-13,16,22,25-26,28-29H,5-7,9H2,1-4H3/t16-,22?/m1/s1. The van der Waals surface area contributed by atoms with Gasteiger partial charge in [0.05, 0.1) is 29.3 Å². The number of aromatic hydroxyl groups is 1. The van der Waals surface area contributed by atoms with Crippen LogP contribution in [0, 0.1) is 0 Å². The number of nitrogens with zero attached hydrogens (tertiary/aromatic N) is 1. The first-order valence-corrected chi connectivity index (χ1v) is 10.9. The van der Waals surface area contributed by atoms with Gasteiger partial charge in [0.1, 0.15) is 11.5 Å². The van der Waals surface area contributed by atoms with Crippen LogP contribution in [0.3, 0.4) is 0 Å². The molecule has 2 atom stereocenters. The molecule has 0 fully saturated rings. The lowest BCUT2D eigenvalue weighted by Gasteiger charge is -2.32. The van der Waals surface area contributed by atoms with Crippen LogP contribution in [0.2, 0.25) is 0 Å². The number of carbonyl (C=O) groups is 2. The van der Waals surface area contributed by atoms with Crippen LogP contribution in [0.5, 0.6) is 5.75 Å². The van der Waals surface area contributed by atoms with Gasteiger partial charge < -0.3 is 30.2 Å². The number of anilines is 1. The number of furan rings is 1. The van der Waals surface area contributed by atoms with Crippen molar-refractivity contribution in [2.45, 2.75) is 51.7 Å². The third-order valence-corrected chi connectivity index (χ3v) is 5.54. The zero-order valence-corrected chi connectivity index (χ0v) is 18.9. The molecule has 8 nitrogen and oxygen atoms in total. The van der Waals surface area contributed by atoms with Gasteiger partial charge in [-0.05, 0) is 43.0 Å². The van der Waals surface area contributed by atoms with E-state index in [0.29, 0.717) is 12.1 Å². The van der Waals surface area contributed by atoms with Gasteiger partial charge in [0.2, 0.25) is 5.78 Å². The fourth-order valence-electron chi connectivity index (χ4n) is 3.58. The Hall–Kier alpha value is -3.26. The second kappa shape index (κ2) is 9.91. The molecular weight excluding hydrogens is 410 g/mol. The lowest BCUT2D eigenvalue weighted by atomic mass is 9.93. The van der Waals surface area contributed by atoms with Crippen LogP contribution in [0.15, 0.2) is 46.3 Å². The van der Waals surface area contributed by atoms with Gasteiger partial charge in [0.15, 0.2) is 11.9 Å². The Kier molecular flexibility index (Phi) is 7.25. The highest BCUT2D eigenvalue weighted by Crippen LogP contribution is 2.34. The summed E-state index contributed by atoms with van der Waals surface area (Å²) in [5.74, 6) is -0.375. The van der Waals surface area contributed by atoms with Crippen LogP contribution in [0.4, 0.5) is 5.69 Å². The van der Waals surface area contributed by atoms with Crippen molar-refractivity contribution in [2.24, 2.45) is 0 Å². The van der Waals surface area contributed by atoms with Gasteiger partial charge in [-0.15, -0.1) is 0 Å². The highest BCUT2D eigenvalue weighted by atomic mass is 16.3. The molecule has 3 rings (SSSR count). The van der Waals surface area contributed by atoms with E-state index in [0.717, 1.165) is 30.6 Å². The first-order chi connectivity index (χ1) is 15.3. The van der Waals surface area contributed by atoms with E-state index in [9.17, 15) is 19.8 Å². The fourth-order valence-corrected chi connectivity index (χ4v) is 3.58. The lowest BCUT2D eigenvalue weighted by Crippen LogP contribution is -2.46. The van der Waals surface area contributed by atoms with E-state index < -0.39 is 11.9 Å². The molecular formula is C24H31N3O5. The van der Waals surface area contributed by atoms with Gasteiger partial charge in [0, 0.05) is 14.1 Å². The maximum Gasteiger partial charge on any atom is 0.257 e. The molecule has 4 N–H and O–H groups in total. The molecule has 1 aromatic heterocycles. The van der Waals surface area contributed by atoms with Crippen molar-refractivity contribution in [3.8, 4) is 5.75 Å². The van der Waals surface area contributed by atoms with E-state index in [1.165, 1.54) is 11.0 Å². The number of aliphatic hydroxyl groups excluding tert-OH is 1. The van der Waals surface area contributed by atoms with Crippen LogP contribution < -0.4 is 10.6 Å². The van der Waals surface area contributed by atoms with Crippen molar-refractivity contribution in [1.29, 1.82) is 0 Å². The van der Waals surface area contributed by atoms with Crippen LogP contribution in [0.1, 0.15) is 60.8 Å². The predicted molar refractivity (Wildman–Crippen MR) is 121 cm³/mol. The number of phenolic OH excluding ortho intramolecular Hbond substituents is 1. The zero-order chi connectivity index (χ0) is 23.4. The van der Waals surface area contributed by atoms with Crippen LogP contribution in [-0.4, -0.2) is 47.0 Å². The third kappa shape index (κ3) is 4.65. The first-order valence-electron chi connectivity index (χ1n) is 10.9. The van der Waals surface area contributed by atoms with Gasteiger partial charge in [-0.3, -0.25) is 9.59 Å². The molecule has 1 heterocycles. The number of hydrogen-bond acceptors (Lipinski definition) is 7. The van der Waals surface area contributed by atoms with Crippen LogP contribution >= 0.6 is 0 Å². The van der Waals surface area contributed by atoms with Gasteiger partial charge in [-0.25, -0.2) is 0 Å². The first kappa shape index (κ1) is 23.4. The molecule has 8 heteroatoms. The molecule has 0 saturated heterocycles. The molecule has 1 aliphatic rings. The maximum atomic E-state index is 12.4. The average molecular weight is 442 g/mol. The van der Waals surface area contributed by atoms with Crippen molar-refractivity contribution in [3.05, 3.63) is 58.8 Å². The van der Waals surface area contributed by atoms with Gasteiger partial charge in [-0.1, -0.05) is 26.3 Å². The van der Waals surface area contributed by atoms with E-state index in [4.69, 9.17) is 4.42 Å². The molecule has 1 unspecified atom stereocenters. The summed E-state index contributed by atoms with van der Waals surface area (Å²) in [6.07, 6.45) is 4.26. The van der Waals surface area contributed by atoms with Crippen molar-refractivity contribution in [3.63, 3.8) is 0 Å². The minimum atomic E-state index is -1.28. The third-order valence-electron chi connectivity index (χ3n) is 5.54. The minimum Gasteiger partial charge on any atom is -0.505 e. The summed E-state index contributed by atoms with van der Waals surface area (Å²) in [4.78, 5) is 26.0. The second-order valence-corrected chi connectivity index (χ2v) is 8.15. The van der Waals surface area contributed by atoms with Gasteiger partial charge in [0.25, 0.3) is 5.91 Å². The number of unbranched alkanes of at least 4 members (excludes halogenated alkanes) is 1. The number of phenols is 1. The Balaban J connectivity index is 1.83. The number of hydrogen-bond donors (Lipinski definition) is 4. The SMILES string of the molecule is CCCCc1coc([C@@H](CC)NC2=C(Nc3cccc(C(=O)N(C)C)c3O)C(=O)C2O)c1. The summed E-state index contributed by atoms with van der Waals surface area (Å²) in [6, 6.07) is 6.46. The molecule has 172 valence electrons. The molecule has 0 radical (unpaired) electrons. The smallest absolute Gasteiger partial charge is 0.257 e. The molecule has 1 aromatic carbocycles. The number of ketones is 1. The van der Waals surface area contributed by atoms with Gasteiger partial charge >= 0.3 is 0 Å². The van der Waals surface area contributed by atoms with Gasteiger partial charge in [-0.2, -0.15) is 0 Å². The van der Waals surface area contributed by atoms with E-state index >= 15 is 0 Å². The number of aliphatic hydroxyl groups is 1. The molecule has 32 heavy (non-hydrogen) atoms. The second-order valence-electron chi connectivity index (χ2n) is 8.15. The average Bonchev–Trinajstić information content (AvgIpc) is 3.26. The Morgan fingerprint density at radius 3 is 2.69 bits per heavy atom. The number of amides is 1. The molecule has 1 amide bonds. The fraction of sp³-hybridized carbons (Fsp3) is 0.417. The van der Waals surface area contributed by atoms with Crippen molar-refractivity contribution < 1.29 is 24.2 Å². The Bertz CT molecular complexity index is 1020. The highest BCUT2D eigenvalue weighted by Gasteiger charge is 2.40. The maximum absolute atomic E-state index is 12.4. The van der Waals surface area contributed by atoms with Crippen molar-refractivity contribution >= 4 is 17.4 Å². The number of carbonyl (C=O) groups excluding carboxylic acids is 2. The largest absolute Gasteiger partial charge is 0.505 e. The molecule has 0 saturated carbocycles. The van der Waals surface area contributed by atoms with Crippen LogP contribution in [-0.2, 0) is 11.2 Å². The molecule has 1 aliphatic carbocycles. The number of rotatable bonds is 10. The summed E-state index contributed by atoms with van der Waals surface area (Å²) < 4.78 is 5.73. The summed E-state index contributed by atoms with van der Waals surface area (Å²) in [7, 11) is 3.18. The van der Waals surface area contributed by atoms with E-state index in [-0.39, 0.29) is 34.6 Å². The normalized spacial score (nSPS) is 16.5. The summed E-state index contributed by atoms with van der Waals surface area (Å²) in [5, 5.41) is 26.9. The minimum absolute atomic E-state index is 0.115. The number of Topliss-reactive ketones (excluding diaryl/α,β-unsaturated/α-hetero) is 1. The topological polar surface area (TPSA) is 115 Å². The predicted octanol–water partition coefficient (Wildman–Crippen LogP) is 3.34. The number of para-hydroxylation sites is 1. The highest BCUT2D eigenvalue weighted by molar-refractivity contribution is 6.11. The lowest BCUT2D eigenvalue weighted by molar-refractivity contribution is -0.124. The van der Waals surface area contributed by atoms with Crippen molar-refractivity contribution in [1.82, 2.24) is 10.2 Å². The Morgan fingerprint density at radius 2 is 2.03 bits per heavy atom. The summed E-state index contributed by atoms with van der Waals surface area (Å²) in [5.41, 5.74) is 1.92. The summed E-state index contributed by atoms with van der Waals surface area (Å²) in [6.45, 7) is 4.12. The zero-order valence-electron chi connectivity index (χ0n) is 18.9.